The highest BCUT2D eigenvalue weighted by Gasteiger charge is 2.50. The number of urea groups is 1. The van der Waals surface area contributed by atoms with Crippen LogP contribution in [-0.4, -0.2) is 29.4 Å². The van der Waals surface area contributed by atoms with Crippen molar-refractivity contribution in [3.05, 3.63) is 34.3 Å². The third-order valence-corrected chi connectivity index (χ3v) is 3.95. The van der Waals surface area contributed by atoms with Crippen molar-refractivity contribution in [1.82, 2.24) is 10.2 Å². The first-order valence-electron chi connectivity index (χ1n) is 6.02. The second-order valence-electron chi connectivity index (χ2n) is 4.82. The Labute approximate surface area is 120 Å². The number of carbonyl (C=O) groups excluding carboxylic acids is 2. The van der Waals surface area contributed by atoms with Crippen LogP contribution in [0.15, 0.2) is 28.7 Å². The van der Waals surface area contributed by atoms with Gasteiger partial charge in [0.2, 0.25) is 0 Å². The minimum atomic E-state index is -1.03. The summed E-state index contributed by atoms with van der Waals surface area (Å²) >= 11 is 3.35. The lowest BCUT2D eigenvalue weighted by molar-refractivity contribution is -0.132. The number of halogens is 1. The van der Waals surface area contributed by atoms with E-state index < -0.39 is 11.6 Å². The lowest BCUT2D eigenvalue weighted by Crippen LogP contribution is -2.44. The van der Waals surface area contributed by atoms with Crippen LogP contribution >= 0.6 is 15.9 Å². The van der Waals surface area contributed by atoms with Crippen molar-refractivity contribution in [3.63, 3.8) is 0 Å². The number of hydrogen-bond donors (Lipinski definition) is 2. The highest BCUT2D eigenvalue weighted by Crippen LogP contribution is 2.30. The van der Waals surface area contributed by atoms with Crippen LogP contribution in [0.5, 0.6) is 0 Å². The molecule has 0 spiro atoms. The largest absolute Gasteiger partial charge is 0.328 e. The Kier molecular flexibility index (Phi) is 3.64. The zero-order valence-electron chi connectivity index (χ0n) is 10.8. The Morgan fingerprint density at radius 1 is 1.37 bits per heavy atom. The van der Waals surface area contributed by atoms with Gasteiger partial charge in [0, 0.05) is 11.0 Å². The molecule has 0 saturated carbocycles. The van der Waals surface area contributed by atoms with E-state index in [1.807, 2.05) is 24.3 Å². The van der Waals surface area contributed by atoms with Gasteiger partial charge in [0.05, 0.1) is 6.04 Å². The fourth-order valence-corrected chi connectivity index (χ4v) is 2.41. The van der Waals surface area contributed by atoms with Crippen molar-refractivity contribution < 1.29 is 9.59 Å². The number of imide groups is 1. The second kappa shape index (κ2) is 4.94. The van der Waals surface area contributed by atoms with Gasteiger partial charge in [-0.15, -0.1) is 0 Å². The standard InChI is InChI=1S/C13H16BrN3O2/c1-8(7-15)17-11(18)13(2,16-12(17)19)9-3-5-10(14)6-4-9/h3-6,8H,7,15H2,1-2H3,(H,16,19). The predicted molar refractivity (Wildman–Crippen MR) is 75.4 cm³/mol. The third-order valence-electron chi connectivity index (χ3n) is 3.43. The molecule has 1 aliphatic heterocycles. The Bertz CT molecular complexity index is 517. The summed E-state index contributed by atoms with van der Waals surface area (Å²) < 4.78 is 0.920. The molecule has 1 saturated heterocycles. The molecule has 0 bridgehead atoms. The molecule has 0 aliphatic carbocycles. The number of rotatable bonds is 3. The van der Waals surface area contributed by atoms with Gasteiger partial charge in [-0.3, -0.25) is 9.69 Å². The highest BCUT2D eigenvalue weighted by atomic mass is 79.9. The van der Waals surface area contributed by atoms with Crippen molar-refractivity contribution in [1.29, 1.82) is 0 Å². The topological polar surface area (TPSA) is 75.4 Å². The molecule has 2 atom stereocenters. The summed E-state index contributed by atoms with van der Waals surface area (Å²) in [7, 11) is 0. The summed E-state index contributed by atoms with van der Waals surface area (Å²) in [4.78, 5) is 25.7. The number of nitrogens with one attached hydrogen (secondary N) is 1. The van der Waals surface area contributed by atoms with Gasteiger partial charge in [0.25, 0.3) is 5.91 Å². The first-order chi connectivity index (χ1) is 8.90. The predicted octanol–water partition coefficient (Wildman–Crippen LogP) is 1.56. The third kappa shape index (κ3) is 2.26. The Morgan fingerprint density at radius 3 is 2.47 bits per heavy atom. The molecule has 2 unspecified atom stereocenters. The van der Waals surface area contributed by atoms with E-state index in [0.717, 1.165) is 10.0 Å². The molecule has 2 rings (SSSR count). The molecule has 6 heteroatoms. The zero-order valence-corrected chi connectivity index (χ0v) is 12.4. The average Bonchev–Trinajstić information content (AvgIpc) is 2.61. The van der Waals surface area contributed by atoms with Crippen LogP contribution in [0, 0.1) is 0 Å². The molecule has 1 heterocycles. The van der Waals surface area contributed by atoms with Crippen LogP contribution < -0.4 is 11.1 Å². The van der Waals surface area contributed by atoms with E-state index in [9.17, 15) is 9.59 Å². The summed E-state index contributed by atoms with van der Waals surface area (Å²) in [5.74, 6) is -0.266. The lowest BCUT2D eigenvalue weighted by atomic mass is 9.92. The van der Waals surface area contributed by atoms with E-state index in [4.69, 9.17) is 5.73 Å². The Morgan fingerprint density at radius 2 is 1.95 bits per heavy atom. The van der Waals surface area contributed by atoms with E-state index in [0.29, 0.717) is 0 Å². The van der Waals surface area contributed by atoms with Crippen LogP contribution in [0.2, 0.25) is 0 Å². The number of benzene rings is 1. The van der Waals surface area contributed by atoms with Crippen molar-refractivity contribution in [3.8, 4) is 0 Å². The molecular weight excluding hydrogens is 310 g/mol. The number of nitrogens with zero attached hydrogens (tertiary/aromatic N) is 1. The summed E-state index contributed by atoms with van der Waals surface area (Å²) in [6.07, 6.45) is 0. The summed E-state index contributed by atoms with van der Waals surface area (Å²) in [5.41, 5.74) is 5.27. The first kappa shape index (κ1) is 14.0. The van der Waals surface area contributed by atoms with Gasteiger partial charge in [-0.25, -0.2) is 4.79 Å². The van der Waals surface area contributed by atoms with Crippen molar-refractivity contribution in [2.45, 2.75) is 25.4 Å². The van der Waals surface area contributed by atoms with E-state index >= 15 is 0 Å². The molecule has 1 aliphatic rings. The van der Waals surface area contributed by atoms with E-state index in [-0.39, 0.29) is 18.5 Å². The molecule has 3 N–H and O–H groups in total. The van der Waals surface area contributed by atoms with E-state index in [1.54, 1.807) is 13.8 Å². The minimum Gasteiger partial charge on any atom is -0.328 e. The number of amides is 3. The Balaban J connectivity index is 2.38. The van der Waals surface area contributed by atoms with Crippen molar-refractivity contribution >= 4 is 27.9 Å². The second-order valence-corrected chi connectivity index (χ2v) is 5.74. The number of carbonyl (C=O) groups is 2. The first-order valence-corrected chi connectivity index (χ1v) is 6.81. The molecule has 3 amide bonds. The van der Waals surface area contributed by atoms with Crippen molar-refractivity contribution in [2.75, 3.05) is 6.54 Å². The molecule has 1 fully saturated rings. The summed E-state index contributed by atoms with van der Waals surface area (Å²) in [6.45, 7) is 3.71. The van der Waals surface area contributed by atoms with E-state index in [1.165, 1.54) is 4.90 Å². The maximum Gasteiger partial charge on any atom is 0.325 e. The number of nitrogens with two attached hydrogens (primary N) is 1. The number of hydrogen-bond acceptors (Lipinski definition) is 3. The fourth-order valence-electron chi connectivity index (χ4n) is 2.15. The van der Waals surface area contributed by atoms with E-state index in [2.05, 4.69) is 21.2 Å². The van der Waals surface area contributed by atoms with Crippen LogP contribution in [0.25, 0.3) is 0 Å². The molecule has 1 aromatic carbocycles. The van der Waals surface area contributed by atoms with Gasteiger partial charge < -0.3 is 11.1 Å². The van der Waals surface area contributed by atoms with Crippen LogP contribution in [0.4, 0.5) is 4.79 Å². The quantitative estimate of drug-likeness (QED) is 0.828. The molecule has 1 aromatic rings. The minimum absolute atomic E-state index is 0.246. The van der Waals surface area contributed by atoms with Gasteiger partial charge in [-0.05, 0) is 31.5 Å². The van der Waals surface area contributed by atoms with Crippen molar-refractivity contribution in [2.24, 2.45) is 5.73 Å². The summed E-state index contributed by atoms with van der Waals surface area (Å²) in [6, 6.07) is 6.61. The van der Waals surface area contributed by atoms with Gasteiger partial charge in [0.15, 0.2) is 0 Å². The van der Waals surface area contributed by atoms with Crippen LogP contribution in [-0.2, 0) is 10.3 Å². The maximum atomic E-state index is 12.5. The SMILES string of the molecule is CC(CN)N1C(=O)NC(C)(c2ccc(Br)cc2)C1=O. The smallest absolute Gasteiger partial charge is 0.325 e. The van der Waals surface area contributed by atoms with Gasteiger partial charge >= 0.3 is 6.03 Å². The molecule has 102 valence electrons. The Hall–Kier alpha value is -1.40. The highest BCUT2D eigenvalue weighted by molar-refractivity contribution is 9.10. The molecular formula is C13H16BrN3O2. The van der Waals surface area contributed by atoms with Crippen LogP contribution in [0.1, 0.15) is 19.4 Å². The molecule has 0 radical (unpaired) electrons. The maximum absolute atomic E-state index is 12.5. The zero-order chi connectivity index (χ0) is 14.2. The molecule has 0 aromatic heterocycles. The van der Waals surface area contributed by atoms with Crippen LogP contribution in [0.3, 0.4) is 0 Å². The molecule has 5 nitrogen and oxygen atoms in total. The van der Waals surface area contributed by atoms with Gasteiger partial charge in [-0.1, -0.05) is 28.1 Å². The average molecular weight is 326 g/mol. The normalized spacial score (nSPS) is 24.5. The summed E-state index contributed by atoms with van der Waals surface area (Å²) in [5, 5.41) is 2.75. The lowest BCUT2D eigenvalue weighted by Gasteiger charge is -2.24. The van der Waals surface area contributed by atoms with Gasteiger partial charge in [-0.2, -0.15) is 0 Å². The van der Waals surface area contributed by atoms with Gasteiger partial charge in [0.1, 0.15) is 5.54 Å². The fraction of sp³-hybridized carbons (Fsp3) is 0.385. The molecule has 19 heavy (non-hydrogen) atoms. The monoisotopic (exact) mass is 325 g/mol.